The van der Waals surface area contributed by atoms with Gasteiger partial charge in [-0.05, 0) is 32.0 Å². The molecule has 0 saturated heterocycles. The molecule has 0 radical (unpaired) electrons. The van der Waals surface area contributed by atoms with E-state index in [1.807, 2.05) is 19.1 Å². The molecule has 0 unspecified atom stereocenters. The van der Waals surface area contributed by atoms with E-state index >= 15 is 0 Å². The SMILES string of the molecule is Cc1cc(C(=O)Nc2cnn(-c3cccc(Cl)c3)c2C)no1. The van der Waals surface area contributed by atoms with Gasteiger partial charge >= 0.3 is 0 Å². The lowest BCUT2D eigenvalue weighted by Gasteiger charge is -2.06. The lowest BCUT2D eigenvalue weighted by atomic mass is 10.3. The van der Waals surface area contributed by atoms with Crippen molar-refractivity contribution in [2.75, 3.05) is 5.32 Å². The molecule has 6 nitrogen and oxygen atoms in total. The molecule has 22 heavy (non-hydrogen) atoms. The Kier molecular flexibility index (Phi) is 3.68. The number of nitrogens with one attached hydrogen (secondary N) is 1. The van der Waals surface area contributed by atoms with Gasteiger partial charge in [0.1, 0.15) is 5.76 Å². The fourth-order valence-electron chi connectivity index (χ4n) is 2.06. The Balaban J connectivity index is 1.86. The number of halogens is 1. The third kappa shape index (κ3) is 2.73. The Hall–Kier alpha value is -2.60. The summed E-state index contributed by atoms with van der Waals surface area (Å²) < 4.78 is 6.60. The van der Waals surface area contributed by atoms with E-state index in [0.29, 0.717) is 16.5 Å². The van der Waals surface area contributed by atoms with Crippen LogP contribution in [0.3, 0.4) is 0 Å². The van der Waals surface area contributed by atoms with Crippen molar-refractivity contribution in [3.63, 3.8) is 0 Å². The van der Waals surface area contributed by atoms with Crippen LogP contribution in [0.1, 0.15) is 21.9 Å². The Bertz CT molecular complexity index is 838. The van der Waals surface area contributed by atoms with E-state index in [-0.39, 0.29) is 11.6 Å². The Morgan fingerprint density at radius 1 is 1.32 bits per heavy atom. The standard InChI is InChI=1S/C15H13ClN4O2/c1-9-6-13(19-22-9)15(21)18-14-8-17-20(10(14)2)12-5-3-4-11(16)7-12/h3-8H,1-2H3,(H,18,21). The van der Waals surface area contributed by atoms with Crippen LogP contribution in [0, 0.1) is 13.8 Å². The van der Waals surface area contributed by atoms with Crippen LogP contribution in [0.25, 0.3) is 5.69 Å². The molecule has 0 aliphatic carbocycles. The Labute approximate surface area is 131 Å². The number of anilines is 1. The molecule has 0 fully saturated rings. The largest absolute Gasteiger partial charge is 0.361 e. The van der Waals surface area contributed by atoms with Gasteiger partial charge in [0, 0.05) is 11.1 Å². The molecule has 3 rings (SSSR count). The topological polar surface area (TPSA) is 73.0 Å². The van der Waals surface area contributed by atoms with E-state index in [2.05, 4.69) is 15.6 Å². The molecule has 3 aromatic rings. The first-order valence-corrected chi connectivity index (χ1v) is 6.97. The summed E-state index contributed by atoms with van der Waals surface area (Å²) in [5.74, 6) is 0.238. The molecule has 112 valence electrons. The average Bonchev–Trinajstić information content (AvgIpc) is 3.06. The number of nitrogens with zero attached hydrogens (tertiary/aromatic N) is 3. The second-order valence-corrected chi connectivity index (χ2v) is 5.25. The maximum Gasteiger partial charge on any atom is 0.277 e. The van der Waals surface area contributed by atoms with Gasteiger partial charge < -0.3 is 9.84 Å². The smallest absolute Gasteiger partial charge is 0.277 e. The molecule has 1 amide bonds. The molecule has 7 heteroatoms. The molecule has 0 bridgehead atoms. The normalized spacial score (nSPS) is 10.7. The number of carbonyl (C=O) groups is 1. The average molecular weight is 317 g/mol. The molecular weight excluding hydrogens is 304 g/mol. The Morgan fingerprint density at radius 2 is 2.14 bits per heavy atom. The zero-order valence-electron chi connectivity index (χ0n) is 12.0. The van der Waals surface area contributed by atoms with Gasteiger partial charge in [0.25, 0.3) is 5.91 Å². The van der Waals surface area contributed by atoms with E-state index in [1.54, 1.807) is 36.0 Å². The number of hydrogen-bond acceptors (Lipinski definition) is 4. The molecule has 0 aliphatic rings. The predicted octanol–water partition coefficient (Wildman–Crippen LogP) is 3.38. The molecule has 0 atom stereocenters. The number of aryl methyl sites for hydroxylation is 1. The monoisotopic (exact) mass is 316 g/mol. The predicted molar refractivity (Wildman–Crippen MR) is 82.5 cm³/mol. The number of hydrogen-bond donors (Lipinski definition) is 1. The van der Waals surface area contributed by atoms with Crippen LogP contribution in [-0.4, -0.2) is 20.8 Å². The van der Waals surface area contributed by atoms with Crippen LogP contribution in [0.4, 0.5) is 5.69 Å². The van der Waals surface area contributed by atoms with Crippen molar-refractivity contribution in [1.82, 2.24) is 14.9 Å². The van der Waals surface area contributed by atoms with Gasteiger partial charge in [0.05, 0.1) is 23.3 Å². The van der Waals surface area contributed by atoms with E-state index in [9.17, 15) is 4.79 Å². The summed E-state index contributed by atoms with van der Waals surface area (Å²) in [7, 11) is 0. The van der Waals surface area contributed by atoms with E-state index in [0.717, 1.165) is 11.4 Å². The van der Waals surface area contributed by atoms with Gasteiger partial charge in [-0.3, -0.25) is 4.79 Å². The molecule has 0 spiro atoms. The Morgan fingerprint density at radius 3 is 2.82 bits per heavy atom. The number of carbonyl (C=O) groups excluding carboxylic acids is 1. The minimum Gasteiger partial charge on any atom is -0.361 e. The fourth-order valence-corrected chi connectivity index (χ4v) is 2.24. The molecule has 0 aliphatic heterocycles. The van der Waals surface area contributed by atoms with E-state index in [4.69, 9.17) is 16.1 Å². The van der Waals surface area contributed by atoms with Crippen LogP contribution < -0.4 is 5.32 Å². The van der Waals surface area contributed by atoms with Crippen molar-refractivity contribution < 1.29 is 9.32 Å². The summed E-state index contributed by atoms with van der Waals surface area (Å²) in [5.41, 5.74) is 2.44. The maximum absolute atomic E-state index is 12.1. The highest BCUT2D eigenvalue weighted by Crippen LogP contribution is 2.21. The van der Waals surface area contributed by atoms with Crippen LogP contribution in [0.5, 0.6) is 0 Å². The zero-order valence-corrected chi connectivity index (χ0v) is 12.8. The lowest BCUT2D eigenvalue weighted by molar-refractivity contribution is 0.101. The summed E-state index contributed by atoms with van der Waals surface area (Å²) in [6.45, 7) is 3.59. The van der Waals surface area contributed by atoms with E-state index in [1.165, 1.54) is 0 Å². The molecule has 1 N–H and O–H groups in total. The molecule has 1 aromatic carbocycles. The number of aromatic nitrogens is 3. The summed E-state index contributed by atoms with van der Waals surface area (Å²) >= 11 is 5.99. The third-order valence-corrected chi connectivity index (χ3v) is 3.41. The van der Waals surface area contributed by atoms with Crippen molar-refractivity contribution >= 4 is 23.2 Å². The quantitative estimate of drug-likeness (QED) is 0.804. The van der Waals surface area contributed by atoms with Gasteiger partial charge in [-0.2, -0.15) is 5.10 Å². The van der Waals surface area contributed by atoms with Gasteiger partial charge in [0.2, 0.25) is 0 Å². The highest BCUT2D eigenvalue weighted by molar-refractivity contribution is 6.30. The second kappa shape index (κ2) is 5.65. The van der Waals surface area contributed by atoms with Crippen LogP contribution >= 0.6 is 11.6 Å². The van der Waals surface area contributed by atoms with Crippen molar-refractivity contribution in [3.05, 3.63) is 58.7 Å². The van der Waals surface area contributed by atoms with Crippen LogP contribution in [0.15, 0.2) is 41.1 Å². The molecular formula is C15H13ClN4O2. The molecule has 2 heterocycles. The van der Waals surface area contributed by atoms with Crippen molar-refractivity contribution in [1.29, 1.82) is 0 Å². The highest BCUT2D eigenvalue weighted by Gasteiger charge is 2.15. The first-order valence-electron chi connectivity index (χ1n) is 6.60. The van der Waals surface area contributed by atoms with Crippen molar-refractivity contribution in [3.8, 4) is 5.69 Å². The van der Waals surface area contributed by atoms with Gasteiger partial charge in [-0.1, -0.05) is 22.8 Å². The summed E-state index contributed by atoms with van der Waals surface area (Å²) in [6.07, 6.45) is 1.58. The highest BCUT2D eigenvalue weighted by atomic mass is 35.5. The minimum atomic E-state index is -0.342. The van der Waals surface area contributed by atoms with Gasteiger partial charge in [0.15, 0.2) is 5.69 Å². The van der Waals surface area contributed by atoms with Gasteiger partial charge in [-0.25, -0.2) is 4.68 Å². The number of rotatable bonds is 3. The summed E-state index contributed by atoms with van der Waals surface area (Å²) in [4.78, 5) is 12.1. The zero-order chi connectivity index (χ0) is 15.7. The minimum absolute atomic E-state index is 0.229. The lowest BCUT2D eigenvalue weighted by Crippen LogP contribution is -2.12. The van der Waals surface area contributed by atoms with Crippen molar-refractivity contribution in [2.24, 2.45) is 0 Å². The first kappa shape index (κ1) is 14.3. The third-order valence-electron chi connectivity index (χ3n) is 3.17. The van der Waals surface area contributed by atoms with Crippen LogP contribution in [0.2, 0.25) is 5.02 Å². The van der Waals surface area contributed by atoms with Gasteiger partial charge in [-0.15, -0.1) is 0 Å². The summed E-state index contributed by atoms with van der Waals surface area (Å²) in [5, 5.41) is 11.4. The summed E-state index contributed by atoms with van der Waals surface area (Å²) in [6, 6.07) is 8.90. The number of benzene rings is 1. The van der Waals surface area contributed by atoms with Crippen molar-refractivity contribution in [2.45, 2.75) is 13.8 Å². The number of amides is 1. The maximum atomic E-state index is 12.1. The second-order valence-electron chi connectivity index (χ2n) is 4.81. The first-order chi connectivity index (χ1) is 10.5. The van der Waals surface area contributed by atoms with Crippen LogP contribution in [-0.2, 0) is 0 Å². The fraction of sp³-hybridized carbons (Fsp3) is 0.133. The van der Waals surface area contributed by atoms with E-state index < -0.39 is 0 Å². The molecule has 0 saturated carbocycles. The molecule has 2 aromatic heterocycles.